The highest BCUT2D eigenvalue weighted by atomic mass is 35.5. The molecule has 1 amide bonds. The summed E-state index contributed by atoms with van der Waals surface area (Å²) in [6.45, 7) is 1.12. The predicted molar refractivity (Wildman–Crippen MR) is 103 cm³/mol. The molecule has 0 radical (unpaired) electrons. The minimum absolute atomic E-state index is 0.0415. The molecule has 6 nitrogen and oxygen atoms in total. The smallest absolute Gasteiger partial charge is 0.253 e. The number of morpholine rings is 1. The molecule has 1 saturated heterocycles. The fraction of sp³-hybridized carbons (Fsp3) is 0.316. The van der Waals surface area contributed by atoms with E-state index in [2.05, 4.69) is 0 Å². The first-order chi connectivity index (χ1) is 13.3. The normalized spacial score (nSPS) is 15.4. The average Bonchev–Trinajstić information content (AvgIpc) is 2.70. The van der Waals surface area contributed by atoms with Gasteiger partial charge in [0.1, 0.15) is 10.7 Å². The number of rotatable bonds is 5. The number of hydrogen-bond donors (Lipinski definition) is 0. The Kier molecular flexibility index (Phi) is 6.34. The van der Waals surface area contributed by atoms with E-state index in [0.29, 0.717) is 18.8 Å². The third-order valence-corrected chi connectivity index (χ3v) is 6.86. The Balaban J connectivity index is 1.86. The van der Waals surface area contributed by atoms with Crippen molar-refractivity contribution in [3.8, 4) is 0 Å². The number of nitrogens with zero attached hydrogens (tertiary/aromatic N) is 2. The molecule has 2 aromatic rings. The molecular formula is C19H20ClFN2O4S. The maximum Gasteiger partial charge on any atom is 0.253 e. The predicted octanol–water partition coefficient (Wildman–Crippen LogP) is 2.77. The van der Waals surface area contributed by atoms with Crippen LogP contribution in [0.3, 0.4) is 0 Å². The molecule has 150 valence electrons. The summed E-state index contributed by atoms with van der Waals surface area (Å²) < 4.78 is 46.1. The van der Waals surface area contributed by atoms with Gasteiger partial charge in [0.25, 0.3) is 5.91 Å². The number of carbonyl (C=O) groups excluding carboxylic acids is 1. The molecule has 0 N–H and O–H groups in total. The lowest BCUT2D eigenvalue weighted by Gasteiger charge is -2.26. The number of amides is 1. The molecule has 3 rings (SSSR count). The van der Waals surface area contributed by atoms with E-state index in [-0.39, 0.29) is 35.1 Å². The minimum Gasteiger partial charge on any atom is -0.379 e. The van der Waals surface area contributed by atoms with Gasteiger partial charge in [-0.3, -0.25) is 4.79 Å². The molecule has 0 spiro atoms. The van der Waals surface area contributed by atoms with Crippen LogP contribution in [0.4, 0.5) is 4.39 Å². The third-order valence-electron chi connectivity index (χ3n) is 4.48. The fourth-order valence-corrected chi connectivity index (χ4v) is 4.84. The van der Waals surface area contributed by atoms with Gasteiger partial charge in [0.15, 0.2) is 0 Å². The van der Waals surface area contributed by atoms with Gasteiger partial charge in [-0.05, 0) is 24.3 Å². The minimum atomic E-state index is -3.85. The first-order valence-corrected chi connectivity index (χ1v) is 10.5. The van der Waals surface area contributed by atoms with Gasteiger partial charge in [-0.2, -0.15) is 4.31 Å². The highest BCUT2D eigenvalue weighted by Crippen LogP contribution is 2.27. The van der Waals surface area contributed by atoms with E-state index in [1.165, 1.54) is 40.5 Å². The molecule has 1 aliphatic rings. The number of hydrogen-bond acceptors (Lipinski definition) is 4. The molecule has 0 unspecified atom stereocenters. The first kappa shape index (κ1) is 20.7. The van der Waals surface area contributed by atoms with Crippen LogP contribution >= 0.6 is 11.6 Å². The highest BCUT2D eigenvalue weighted by molar-refractivity contribution is 7.89. The quantitative estimate of drug-likeness (QED) is 0.737. The Morgan fingerprint density at radius 3 is 2.57 bits per heavy atom. The van der Waals surface area contributed by atoms with Crippen LogP contribution in [-0.2, 0) is 21.3 Å². The molecule has 0 saturated carbocycles. The molecule has 1 aliphatic heterocycles. The Morgan fingerprint density at radius 1 is 1.21 bits per heavy atom. The summed E-state index contributed by atoms with van der Waals surface area (Å²) in [6.07, 6.45) is 0. The van der Waals surface area contributed by atoms with Crippen LogP contribution in [-0.4, -0.2) is 56.9 Å². The van der Waals surface area contributed by atoms with E-state index < -0.39 is 21.7 Å². The molecule has 0 atom stereocenters. The fourth-order valence-electron chi connectivity index (χ4n) is 2.93. The van der Waals surface area contributed by atoms with Crippen molar-refractivity contribution in [2.45, 2.75) is 11.4 Å². The zero-order valence-corrected chi connectivity index (χ0v) is 16.8. The average molecular weight is 427 g/mol. The summed E-state index contributed by atoms with van der Waals surface area (Å²) in [5.74, 6) is -0.841. The van der Waals surface area contributed by atoms with Crippen LogP contribution in [0.25, 0.3) is 0 Å². The summed E-state index contributed by atoms with van der Waals surface area (Å²) >= 11 is 6.12. The summed E-state index contributed by atoms with van der Waals surface area (Å²) in [5, 5.41) is 0.0415. The van der Waals surface area contributed by atoms with Crippen molar-refractivity contribution in [3.05, 3.63) is 64.4 Å². The van der Waals surface area contributed by atoms with E-state index in [1.807, 2.05) is 0 Å². The van der Waals surface area contributed by atoms with Crippen LogP contribution in [0.1, 0.15) is 15.9 Å². The number of benzene rings is 2. The number of sulfonamides is 1. The van der Waals surface area contributed by atoms with Crippen LogP contribution in [0.15, 0.2) is 47.4 Å². The topological polar surface area (TPSA) is 66.9 Å². The van der Waals surface area contributed by atoms with Crippen molar-refractivity contribution in [1.82, 2.24) is 9.21 Å². The zero-order chi connectivity index (χ0) is 20.3. The van der Waals surface area contributed by atoms with Crippen LogP contribution in [0, 0.1) is 5.82 Å². The second-order valence-corrected chi connectivity index (χ2v) is 8.73. The van der Waals surface area contributed by atoms with Crippen molar-refractivity contribution in [3.63, 3.8) is 0 Å². The van der Waals surface area contributed by atoms with Crippen LogP contribution in [0.5, 0.6) is 0 Å². The summed E-state index contributed by atoms with van der Waals surface area (Å²) in [7, 11) is -2.32. The van der Waals surface area contributed by atoms with Crippen LogP contribution in [0.2, 0.25) is 5.02 Å². The van der Waals surface area contributed by atoms with E-state index in [9.17, 15) is 17.6 Å². The van der Waals surface area contributed by atoms with Gasteiger partial charge in [-0.15, -0.1) is 0 Å². The van der Waals surface area contributed by atoms with Gasteiger partial charge in [0, 0.05) is 37.8 Å². The van der Waals surface area contributed by atoms with Gasteiger partial charge >= 0.3 is 0 Å². The van der Waals surface area contributed by atoms with Crippen molar-refractivity contribution < 1.29 is 22.3 Å². The molecular weight excluding hydrogens is 407 g/mol. The SMILES string of the molecule is CN(Cc1ccccc1F)C(=O)c1ccc(Cl)c(S(=O)(=O)N2CCOCC2)c1. The molecule has 2 aromatic carbocycles. The lowest BCUT2D eigenvalue weighted by molar-refractivity contribution is 0.0730. The van der Waals surface area contributed by atoms with E-state index in [0.717, 1.165) is 0 Å². The zero-order valence-electron chi connectivity index (χ0n) is 15.3. The Hall–Kier alpha value is -2.00. The Morgan fingerprint density at radius 2 is 1.89 bits per heavy atom. The largest absolute Gasteiger partial charge is 0.379 e. The molecule has 28 heavy (non-hydrogen) atoms. The first-order valence-electron chi connectivity index (χ1n) is 8.67. The van der Waals surface area contributed by atoms with Gasteiger partial charge < -0.3 is 9.64 Å². The molecule has 9 heteroatoms. The van der Waals surface area contributed by atoms with E-state index in [4.69, 9.17) is 16.3 Å². The molecule has 1 fully saturated rings. The second-order valence-electron chi connectivity index (χ2n) is 6.41. The van der Waals surface area contributed by atoms with Crippen molar-refractivity contribution in [2.75, 3.05) is 33.4 Å². The van der Waals surface area contributed by atoms with Crippen molar-refractivity contribution >= 4 is 27.5 Å². The van der Waals surface area contributed by atoms with Crippen molar-refractivity contribution in [1.29, 1.82) is 0 Å². The third kappa shape index (κ3) is 4.35. The monoisotopic (exact) mass is 426 g/mol. The Labute approximate surface area is 168 Å². The molecule has 0 aliphatic carbocycles. The number of carbonyl (C=O) groups is 1. The summed E-state index contributed by atoms with van der Waals surface area (Å²) in [5.41, 5.74) is 0.531. The summed E-state index contributed by atoms with van der Waals surface area (Å²) in [4.78, 5) is 14.0. The second kappa shape index (κ2) is 8.57. The molecule has 0 bridgehead atoms. The van der Waals surface area contributed by atoms with Gasteiger partial charge in [0.2, 0.25) is 10.0 Å². The lowest BCUT2D eigenvalue weighted by Crippen LogP contribution is -2.40. The van der Waals surface area contributed by atoms with Crippen LogP contribution < -0.4 is 0 Å². The standard InChI is InChI=1S/C19H20ClFN2O4S/c1-22(13-15-4-2-3-5-17(15)21)19(24)14-6-7-16(20)18(12-14)28(25,26)23-8-10-27-11-9-23/h2-7,12H,8-11,13H2,1H3. The van der Waals surface area contributed by atoms with Gasteiger partial charge in [0.05, 0.1) is 18.2 Å². The number of ether oxygens (including phenoxy) is 1. The van der Waals surface area contributed by atoms with Gasteiger partial charge in [-0.25, -0.2) is 12.8 Å². The van der Waals surface area contributed by atoms with Crippen molar-refractivity contribution in [2.24, 2.45) is 0 Å². The summed E-state index contributed by atoms with van der Waals surface area (Å²) in [6, 6.07) is 10.3. The van der Waals surface area contributed by atoms with E-state index in [1.54, 1.807) is 18.2 Å². The number of halogens is 2. The molecule has 0 aromatic heterocycles. The Bertz CT molecular complexity index is 978. The maximum absolute atomic E-state index is 13.8. The van der Waals surface area contributed by atoms with E-state index >= 15 is 0 Å². The van der Waals surface area contributed by atoms with Gasteiger partial charge in [-0.1, -0.05) is 29.8 Å². The lowest BCUT2D eigenvalue weighted by atomic mass is 10.1. The highest BCUT2D eigenvalue weighted by Gasteiger charge is 2.29. The maximum atomic E-state index is 13.8. The molecule has 1 heterocycles.